The first-order valence-electron chi connectivity index (χ1n) is 5.70. The average Bonchev–Trinajstić information content (AvgIpc) is 2.78. The summed E-state index contributed by atoms with van der Waals surface area (Å²) in [5, 5.41) is 3.34. The molecule has 1 unspecified atom stereocenters. The average molecular weight is 341 g/mol. The van der Waals surface area contributed by atoms with Gasteiger partial charge in [-0.2, -0.15) is 0 Å². The highest BCUT2D eigenvalue weighted by Crippen LogP contribution is 2.21. The number of rotatable bonds is 4. The van der Waals surface area contributed by atoms with Gasteiger partial charge in [0.2, 0.25) is 0 Å². The van der Waals surface area contributed by atoms with Crippen molar-refractivity contribution >= 4 is 22.6 Å². The van der Waals surface area contributed by atoms with Crippen LogP contribution in [0, 0.1) is 3.57 Å². The number of nitrogens with one attached hydrogen (secondary N) is 1. The van der Waals surface area contributed by atoms with Crippen molar-refractivity contribution in [3.8, 4) is 0 Å². The van der Waals surface area contributed by atoms with Gasteiger partial charge in [-0.25, -0.2) is 4.98 Å². The van der Waals surface area contributed by atoms with Gasteiger partial charge >= 0.3 is 0 Å². The first-order chi connectivity index (χ1) is 8.26. The number of halogens is 1. The molecular weight excluding hydrogens is 325 g/mol. The molecular formula is C13H16IN3. The Morgan fingerprint density at radius 3 is 2.94 bits per heavy atom. The maximum Gasteiger partial charge on any atom is 0.130 e. The number of hydrogen-bond acceptors (Lipinski definition) is 2. The second kappa shape index (κ2) is 5.64. The van der Waals surface area contributed by atoms with Crippen LogP contribution in [-0.4, -0.2) is 16.6 Å². The zero-order valence-corrected chi connectivity index (χ0v) is 12.2. The van der Waals surface area contributed by atoms with Gasteiger partial charge < -0.3 is 9.88 Å². The largest absolute Gasteiger partial charge is 0.334 e. The Bertz CT molecular complexity index is 493. The van der Waals surface area contributed by atoms with Crippen LogP contribution in [0.3, 0.4) is 0 Å². The van der Waals surface area contributed by atoms with Gasteiger partial charge in [0.05, 0.1) is 6.04 Å². The molecule has 1 aromatic carbocycles. The fraction of sp³-hybridized carbons (Fsp3) is 0.308. The number of nitrogens with zero attached hydrogens (tertiary/aromatic N) is 2. The quantitative estimate of drug-likeness (QED) is 0.867. The zero-order valence-electron chi connectivity index (χ0n) is 10.0. The summed E-state index contributed by atoms with van der Waals surface area (Å²) in [5.74, 6) is 1.07. The Labute approximate surface area is 115 Å². The molecule has 90 valence electrons. The van der Waals surface area contributed by atoms with Crippen LogP contribution in [0.4, 0.5) is 0 Å². The predicted octanol–water partition coefficient (Wildman–Crippen LogP) is 2.82. The summed E-state index contributed by atoms with van der Waals surface area (Å²) < 4.78 is 3.41. The minimum atomic E-state index is 0.152. The lowest BCUT2D eigenvalue weighted by atomic mass is 10.1. The van der Waals surface area contributed by atoms with E-state index in [1.165, 1.54) is 9.13 Å². The molecule has 3 nitrogen and oxygen atoms in total. The van der Waals surface area contributed by atoms with Crippen molar-refractivity contribution < 1.29 is 0 Å². The first-order valence-corrected chi connectivity index (χ1v) is 6.78. The van der Waals surface area contributed by atoms with Crippen molar-refractivity contribution in [3.05, 3.63) is 51.6 Å². The van der Waals surface area contributed by atoms with Gasteiger partial charge in [-0.3, -0.25) is 0 Å². The molecule has 0 saturated heterocycles. The molecule has 0 saturated carbocycles. The molecule has 1 N–H and O–H groups in total. The molecule has 1 aromatic heterocycles. The van der Waals surface area contributed by atoms with Gasteiger partial charge in [-0.05, 0) is 54.3 Å². The molecule has 0 amide bonds. The number of aromatic nitrogens is 2. The molecule has 0 aliphatic heterocycles. The highest BCUT2D eigenvalue weighted by Gasteiger charge is 2.16. The summed E-state index contributed by atoms with van der Waals surface area (Å²) in [6.45, 7) is 3.07. The number of imidazole rings is 1. The summed E-state index contributed by atoms with van der Waals surface area (Å²) in [7, 11) is 1.97. The monoisotopic (exact) mass is 341 g/mol. The smallest absolute Gasteiger partial charge is 0.130 e. The standard InChI is InChI=1S/C13H16IN3/c1-3-17-8-7-16-13(17)12(15-2)10-5-4-6-11(14)9-10/h4-9,12,15H,3H2,1-2H3. The van der Waals surface area contributed by atoms with E-state index in [-0.39, 0.29) is 6.04 Å². The normalized spacial score (nSPS) is 12.6. The summed E-state index contributed by atoms with van der Waals surface area (Å²) in [6, 6.07) is 8.66. The van der Waals surface area contributed by atoms with Crippen LogP contribution >= 0.6 is 22.6 Å². The highest BCUT2D eigenvalue weighted by molar-refractivity contribution is 14.1. The van der Waals surface area contributed by atoms with Gasteiger partial charge in [0.15, 0.2) is 0 Å². The summed E-state index contributed by atoms with van der Waals surface area (Å²) in [6.07, 6.45) is 3.88. The molecule has 0 radical (unpaired) electrons. The summed E-state index contributed by atoms with van der Waals surface area (Å²) in [5.41, 5.74) is 1.25. The van der Waals surface area contributed by atoms with Gasteiger partial charge in [0.25, 0.3) is 0 Å². The second-order valence-corrected chi connectivity index (χ2v) is 5.09. The summed E-state index contributed by atoms with van der Waals surface area (Å²) in [4.78, 5) is 4.46. The molecule has 1 heterocycles. The van der Waals surface area contributed by atoms with Crippen molar-refractivity contribution in [2.24, 2.45) is 0 Å². The van der Waals surface area contributed by atoms with Crippen LogP contribution < -0.4 is 5.32 Å². The third-order valence-electron chi connectivity index (χ3n) is 2.82. The Kier molecular flexibility index (Phi) is 4.17. The summed E-state index contributed by atoms with van der Waals surface area (Å²) >= 11 is 2.34. The van der Waals surface area contributed by atoms with Gasteiger partial charge in [-0.15, -0.1) is 0 Å². The van der Waals surface area contributed by atoms with Gasteiger partial charge in [0, 0.05) is 22.5 Å². The Morgan fingerprint density at radius 2 is 2.29 bits per heavy atom. The van der Waals surface area contributed by atoms with E-state index in [0.717, 1.165) is 12.4 Å². The maximum atomic E-state index is 4.46. The lowest BCUT2D eigenvalue weighted by Gasteiger charge is -2.17. The third-order valence-corrected chi connectivity index (χ3v) is 3.49. The van der Waals surface area contributed by atoms with Crippen LogP contribution in [0.5, 0.6) is 0 Å². The van der Waals surface area contributed by atoms with E-state index in [1.807, 2.05) is 19.4 Å². The van der Waals surface area contributed by atoms with Crippen molar-refractivity contribution in [1.82, 2.24) is 14.9 Å². The Morgan fingerprint density at radius 1 is 1.47 bits per heavy atom. The fourth-order valence-corrected chi connectivity index (χ4v) is 2.55. The van der Waals surface area contributed by atoms with E-state index in [4.69, 9.17) is 0 Å². The van der Waals surface area contributed by atoms with E-state index >= 15 is 0 Å². The van der Waals surface area contributed by atoms with Crippen molar-refractivity contribution in [1.29, 1.82) is 0 Å². The number of benzene rings is 1. The zero-order chi connectivity index (χ0) is 12.3. The van der Waals surface area contributed by atoms with E-state index in [1.54, 1.807) is 0 Å². The molecule has 0 aliphatic carbocycles. The Hall–Kier alpha value is -0.880. The number of hydrogen-bond donors (Lipinski definition) is 1. The minimum Gasteiger partial charge on any atom is -0.334 e. The van der Waals surface area contributed by atoms with E-state index in [2.05, 4.69) is 68.6 Å². The topological polar surface area (TPSA) is 29.9 Å². The lowest BCUT2D eigenvalue weighted by Crippen LogP contribution is -2.21. The second-order valence-electron chi connectivity index (χ2n) is 3.85. The minimum absolute atomic E-state index is 0.152. The molecule has 2 rings (SSSR count). The SMILES string of the molecule is CCn1ccnc1C(NC)c1cccc(I)c1. The number of aryl methyl sites for hydroxylation is 1. The molecule has 2 aromatic rings. The molecule has 17 heavy (non-hydrogen) atoms. The van der Waals surface area contributed by atoms with Crippen molar-refractivity contribution in [3.63, 3.8) is 0 Å². The molecule has 0 bridgehead atoms. The lowest BCUT2D eigenvalue weighted by molar-refractivity contribution is 0.590. The first kappa shape index (κ1) is 12.6. The van der Waals surface area contributed by atoms with Crippen LogP contribution in [0.15, 0.2) is 36.7 Å². The van der Waals surface area contributed by atoms with E-state index < -0.39 is 0 Å². The molecule has 0 fully saturated rings. The third kappa shape index (κ3) is 2.69. The van der Waals surface area contributed by atoms with Crippen LogP contribution in [0.1, 0.15) is 24.4 Å². The van der Waals surface area contributed by atoms with Crippen molar-refractivity contribution in [2.45, 2.75) is 19.5 Å². The fourth-order valence-electron chi connectivity index (χ4n) is 1.98. The van der Waals surface area contributed by atoms with Gasteiger partial charge in [0.1, 0.15) is 5.82 Å². The van der Waals surface area contributed by atoms with Gasteiger partial charge in [-0.1, -0.05) is 12.1 Å². The predicted molar refractivity (Wildman–Crippen MR) is 78.0 cm³/mol. The van der Waals surface area contributed by atoms with Crippen LogP contribution in [0.25, 0.3) is 0 Å². The van der Waals surface area contributed by atoms with E-state index in [0.29, 0.717) is 0 Å². The molecule has 1 atom stereocenters. The molecule has 0 aliphatic rings. The van der Waals surface area contributed by atoms with Crippen molar-refractivity contribution in [2.75, 3.05) is 7.05 Å². The maximum absolute atomic E-state index is 4.46. The molecule has 0 spiro atoms. The van der Waals surface area contributed by atoms with Crippen LogP contribution in [0.2, 0.25) is 0 Å². The molecule has 4 heteroatoms. The van der Waals surface area contributed by atoms with Crippen LogP contribution in [-0.2, 0) is 6.54 Å². The highest BCUT2D eigenvalue weighted by atomic mass is 127. The Balaban J connectivity index is 2.40. The van der Waals surface area contributed by atoms with E-state index in [9.17, 15) is 0 Å².